The molecule has 2 aromatic heterocycles. The summed E-state index contributed by atoms with van der Waals surface area (Å²) in [5, 5.41) is 24.6. The number of oxime groups is 1. The Kier molecular flexibility index (Phi) is 6.91. The van der Waals surface area contributed by atoms with Crippen molar-refractivity contribution in [2.75, 3.05) is 0 Å². The summed E-state index contributed by atoms with van der Waals surface area (Å²) in [4.78, 5) is 5.57. The number of benzene rings is 3. The lowest BCUT2D eigenvalue weighted by Crippen LogP contribution is -2.12. The Morgan fingerprint density at radius 3 is 2.59 bits per heavy atom. The van der Waals surface area contributed by atoms with E-state index in [9.17, 15) is 0 Å². The topological polar surface area (TPSA) is 113 Å². The Morgan fingerprint density at radius 1 is 0.973 bits per heavy atom. The van der Waals surface area contributed by atoms with Gasteiger partial charge < -0.3 is 14.0 Å². The summed E-state index contributed by atoms with van der Waals surface area (Å²) in [7, 11) is 1.72. The first-order valence-electron chi connectivity index (χ1n) is 11.3. The van der Waals surface area contributed by atoms with E-state index in [0.29, 0.717) is 27.9 Å². The van der Waals surface area contributed by atoms with Crippen LogP contribution in [0.1, 0.15) is 28.4 Å². The standard InChI is InChI=1S/C26H22ClN7O3/c1-16-8-7-11-21(17(16)2)36-22-13-12-19(27)14-20(22)26-30-28-23(37-26)15-35-31-24(18-9-5-4-6-10-18)25-29-32-33-34(25)3/h4-14H,15H2,1-3H3/b31-24-. The maximum absolute atomic E-state index is 6.27. The van der Waals surface area contributed by atoms with Crippen LogP contribution in [-0.4, -0.2) is 36.1 Å². The van der Waals surface area contributed by atoms with Gasteiger partial charge in [-0.3, -0.25) is 0 Å². The molecule has 37 heavy (non-hydrogen) atoms. The molecule has 5 rings (SSSR count). The average Bonchev–Trinajstić information content (AvgIpc) is 3.55. The lowest BCUT2D eigenvalue weighted by Gasteiger charge is -2.12. The van der Waals surface area contributed by atoms with E-state index in [0.717, 1.165) is 22.4 Å². The smallest absolute Gasteiger partial charge is 0.257 e. The van der Waals surface area contributed by atoms with E-state index in [1.54, 1.807) is 25.2 Å². The van der Waals surface area contributed by atoms with Crippen molar-refractivity contribution in [3.8, 4) is 23.0 Å². The first-order valence-corrected chi connectivity index (χ1v) is 11.7. The molecule has 0 fully saturated rings. The van der Waals surface area contributed by atoms with Gasteiger partial charge in [-0.2, -0.15) is 0 Å². The van der Waals surface area contributed by atoms with E-state index in [1.165, 1.54) is 4.68 Å². The van der Waals surface area contributed by atoms with Crippen molar-refractivity contribution >= 4 is 17.3 Å². The summed E-state index contributed by atoms with van der Waals surface area (Å²) in [6.07, 6.45) is 0. The molecule has 0 saturated carbocycles. The molecular weight excluding hydrogens is 494 g/mol. The van der Waals surface area contributed by atoms with Gasteiger partial charge >= 0.3 is 0 Å². The third kappa shape index (κ3) is 5.34. The molecular formula is C26H22ClN7O3. The SMILES string of the molecule is Cc1cccc(Oc2ccc(Cl)cc2-c2nnc(CO/N=C(/c3ccccc3)c3nnnn3C)o2)c1C. The number of tetrazole rings is 1. The lowest BCUT2D eigenvalue weighted by atomic mass is 10.1. The van der Waals surface area contributed by atoms with Gasteiger partial charge in [0.05, 0.1) is 5.56 Å². The number of nitrogens with zero attached hydrogens (tertiary/aromatic N) is 7. The summed E-state index contributed by atoms with van der Waals surface area (Å²) in [5.41, 5.74) is 3.97. The van der Waals surface area contributed by atoms with Crippen LogP contribution >= 0.6 is 11.6 Å². The Balaban J connectivity index is 1.38. The van der Waals surface area contributed by atoms with Gasteiger partial charge in [0.2, 0.25) is 5.82 Å². The van der Waals surface area contributed by atoms with Crippen LogP contribution in [0.2, 0.25) is 5.02 Å². The van der Waals surface area contributed by atoms with E-state index in [4.69, 9.17) is 25.6 Å². The molecule has 0 aliphatic carbocycles. The Labute approximate surface area is 217 Å². The van der Waals surface area contributed by atoms with Crippen molar-refractivity contribution in [2.45, 2.75) is 20.5 Å². The summed E-state index contributed by atoms with van der Waals surface area (Å²) in [5.74, 6) is 2.18. The average molecular weight is 516 g/mol. The first-order chi connectivity index (χ1) is 18.0. The highest BCUT2D eigenvalue weighted by atomic mass is 35.5. The molecule has 0 atom stereocenters. The van der Waals surface area contributed by atoms with Crippen molar-refractivity contribution in [2.24, 2.45) is 12.2 Å². The minimum Gasteiger partial charge on any atom is -0.456 e. The van der Waals surface area contributed by atoms with Crippen LogP contribution in [0.3, 0.4) is 0 Å². The summed E-state index contributed by atoms with van der Waals surface area (Å²) in [6, 6.07) is 20.6. The molecule has 0 bridgehead atoms. The monoisotopic (exact) mass is 515 g/mol. The minimum absolute atomic E-state index is 0.0671. The highest BCUT2D eigenvalue weighted by molar-refractivity contribution is 6.30. The van der Waals surface area contributed by atoms with Crippen LogP contribution in [0.5, 0.6) is 11.5 Å². The third-order valence-electron chi connectivity index (χ3n) is 5.64. The third-order valence-corrected chi connectivity index (χ3v) is 5.87. The van der Waals surface area contributed by atoms with Crippen LogP contribution in [0, 0.1) is 13.8 Å². The predicted octanol–water partition coefficient (Wildman–Crippen LogP) is 5.29. The molecule has 0 radical (unpaired) electrons. The molecule has 0 spiro atoms. The summed E-state index contributed by atoms with van der Waals surface area (Å²) < 4.78 is 13.6. The minimum atomic E-state index is -0.0671. The van der Waals surface area contributed by atoms with Gasteiger partial charge in [0.1, 0.15) is 11.5 Å². The van der Waals surface area contributed by atoms with E-state index < -0.39 is 0 Å². The molecule has 0 saturated heterocycles. The zero-order valence-corrected chi connectivity index (χ0v) is 21.0. The number of aryl methyl sites for hydroxylation is 2. The quantitative estimate of drug-likeness (QED) is 0.202. The second-order valence-electron chi connectivity index (χ2n) is 8.15. The van der Waals surface area contributed by atoms with Crippen molar-refractivity contribution < 1.29 is 14.0 Å². The first kappa shape index (κ1) is 24.1. The molecule has 0 N–H and O–H groups in total. The number of rotatable bonds is 8. The van der Waals surface area contributed by atoms with E-state index in [1.807, 2.05) is 62.4 Å². The van der Waals surface area contributed by atoms with Crippen LogP contribution in [0.4, 0.5) is 0 Å². The fourth-order valence-electron chi connectivity index (χ4n) is 3.53. The van der Waals surface area contributed by atoms with Gasteiger partial charge in [-0.05, 0) is 59.7 Å². The van der Waals surface area contributed by atoms with Crippen LogP contribution in [0.25, 0.3) is 11.5 Å². The van der Waals surface area contributed by atoms with Gasteiger partial charge in [-0.25, -0.2) is 4.68 Å². The highest BCUT2D eigenvalue weighted by Gasteiger charge is 2.18. The van der Waals surface area contributed by atoms with Crippen molar-refractivity contribution in [1.82, 2.24) is 30.4 Å². The number of aromatic nitrogens is 6. The molecule has 3 aromatic carbocycles. The van der Waals surface area contributed by atoms with Gasteiger partial charge in [-0.15, -0.1) is 15.3 Å². The maximum Gasteiger partial charge on any atom is 0.257 e. The van der Waals surface area contributed by atoms with Crippen molar-refractivity contribution in [3.05, 3.63) is 100 Å². The van der Waals surface area contributed by atoms with Crippen LogP contribution in [-0.2, 0) is 18.5 Å². The number of halogens is 1. The fraction of sp³-hybridized carbons (Fsp3) is 0.154. The molecule has 10 nitrogen and oxygen atoms in total. The number of hydrogen-bond donors (Lipinski definition) is 0. The van der Waals surface area contributed by atoms with Gasteiger partial charge in [0, 0.05) is 17.6 Å². The lowest BCUT2D eigenvalue weighted by molar-refractivity contribution is 0.111. The van der Waals surface area contributed by atoms with Gasteiger partial charge in [0.25, 0.3) is 11.8 Å². The zero-order chi connectivity index (χ0) is 25.8. The summed E-state index contributed by atoms with van der Waals surface area (Å²) >= 11 is 6.27. The predicted molar refractivity (Wildman–Crippen MR) is 136 cm³/mol. The molecule has 0 aliphatic heterocycles. The van der Waals surface area contributed by atoms with Crippen molar-refractivity contribution in [1.29, 1.82) is 0 Å². The normalized spacial score (nSPS) is 11.5. The second kappa shape index (κ2) is 10.6. The molecule has 5 aromatic rings. The Hall–Kier alpha value is -4.57. The number of ether oxygens (including phenoxy) is 1. The van der Waals surface area contributed by atoms with E-state index in [-0.39, 0.29) is 18.4 Å². The fourth-order valence-corrected chi connectivity index (χ4v) is 3.71. The van der Waals surface area contributed by atoms with Crippen LogP contribution in [0.15, 0.2) is 76.3 Å². The largest absolute Gasteiger partial charge is 0.456 e. The highest BCUT2D eigenvalue weighted by Crippen LogP contribution is 2.36. The van der Waals surface area contributed by atoms with Crippen molar-refractivity contribution in [3.63, 3.8) is 0 Å². The maximum atomic E-state index is 6.27. The molecule has 2 heterocycles. The summed E-state index contributed by atoms with van der Waals surface area (Å²) in [6.45, 7) is 3.97. The Bertz CT molecular complexity index is 1560. The van der Waals surface area contributed by atoms with E-state index >= 15 is 0 Å². The molecule has 11 heteroatoms. The molecule has 0 aliphatic rings. The molecule has 0 unspecified atom stereocenters. The van der Waals surface area contributed by atoms with Crippen LogP contribution < -0.4 is 4.74 Å². The zero-order valence-electron chi connectivity index (χ0n) is 20.3. The second-order valence-corrected chi connectivity index (χ2v) is 8.58. The molecule has 0 amide bonds. The Morgan fingerprint density at radius 2 is 1.81 bits per heavy atom. The van der Waals surface area contributed by atoms with E-state index in [2.05, 4.69) is 30.9 Å². The molecule has 186 valence electrons. The van der Waals surface area contributed by atoms with Gasteiger partial charge in [-0.1, -0.05) is 59.2 Å². The number of hydrogen-bond acceptors (Lipinski definition) is 9. The van der Waals surface area contributed by atoms with Gasteiger partial charge in [0.15, 0.2) is 12.3 Å².